The van der Waals surface area contributed by atoms with Gasteiger partial charge in [0.05, 0.1) is 23.9 Å². The first-order valence-corrected chi connectivity index (χ1v) is 5.04. The molecule has 0 aliphatic rings. The molecule has 1 aromatic carbocycles. The lowest BCUT2D eigenvalue weighted by Gasteiger charge is -1.98. The fraction of sp³-hybridized carbons (Fsp3) is 0.273. The first kappa shape index (κ1) is 12.6. The van der Waals surface area contributed by atoms with E-state index >= 15 is 0 Å². The molecule has 0 saturated carbocycles. The van der Waals surface area contributed by atoms with Gasteiger partial charge in [-0.2, -0.15) is 10.4 Å². The Labute approximate surface area is 98.9 Å². The van der Waals surface area contributed by atoms with E-state index in [0.717, 1.165) is 0 Å². The first-order valence-electron chi connectivity index (χ1n) is 5.04. The second-order valence-corrected chi connectivity index (χ2v) is 3.01. The molecule has 1 rings (SSSR count). The molecular formula is C11H12N4O2. The fourth-order valence-electron chi connectivity index (χ4n) is 1.01. The molecule has 0 aliphatic heterocycles. The molecule has 0 spiro atoms. The van der Waals surface area contributed by atoms with Crippen LogP contribution in [0.25, 0.3) is 0 Å². The quantitative estimate of drug-likeness (QED) is 0.477. The Bertz CT molecular complexity index is 434. The molecule has 6 nitrogen and oxygen atoms in total. The van der Waals surface area contributed by atoms with Crippen molar-refractivity contribution in [3.05, 3.63) is 29.8 Å². The van der Waals surface area contributed by atoms with E-state index in [1.165, 1.54) is 0 Å². The first-order chi connectivity index (χ1) is 8.26. The van der Waals surface area contributed by atoms with Crippen LogP contribution < -0.4 is 5.43 Å². The molecule has 1 N–H and O–H groups in total. The molecule has 0 saturated heterocycles. The second-order valence-electron chi connectivity index (χ2n) is 3.01. The predicted molar refractivity (Wildman–Crippen MR) is 61.1 cm³/mol. The van der Waals surface area contributed by atoms with Gasteiger partial charge < -0.3 is 4.74 Å². The Morgan fingerprint density at radius 3 is 2.76 bits per heavy atom. The molecule has 0 aromatic heterocycles. The molecule has 0 bridgehead atoms. The van der Waals surface area contributed by atoms with Crippen LogP contribution >= 0.6 is 0 Å². The van der Waals surface area contributed by atoms with E-state index < -0.39 is 5.97 Å². The van der Waals surface area contributed by atoms with Crippen molar-refractivity contribution in [3.63, 3.8) is 0 Å². The molecule has 88 valence electrons. The maximum Gasteiger partial charge on any atom is 0.329 e. The van der Waals surface area contributed by atoms with Crippen LogP contribution in [0.5, 0.6) is 0 Å². The van der Waals surface area contributed by atoms with Crippen LogP contribution in [0.1, 0.15) is 12.5 Å². The van der Waals surface area contributed by atoms with Crippen molar-refractivity contribution in [2.24, 2.45) is 10.3 Å². The summed E-state index contributed by atoms with van der Waals surface area (Å²) in [6.45, 7) is 1.94. The van der Waals surface area contributed by atoms with Crippen molar-refractivity contribution >= 4 is 11.7 Å². The number of esters is 1. The number of carbonyl (C=O) groups is 1. The molecule has 0 radical (unpaired) electrons. The minimum atomic E-state index is -0.419. The maximum atomic E-state index is 10.9. The normalized spacial score (nSPS) is 9.88. The van der Waals surface area contributed by atoms with Crippen LogP contribution in [0.15, 0.2) is 34.6 Å². The highest BCUT2D eigenvalue weighted by Crippen LogP contribution is 2.08. The number of nitrogens with one attached hydrogen (secondary N) is 1. The van der Waals surface area contributed by atoms with Crippen molar-refractivity contribution in [2.45, 2.75) is 6.92 Å². The summed E-state index contributed by atoms with van der Waals surface area (Å²) in [6.07, 6.45) is 0. The summed E-state index contributed by atoms with van der Waals surface area (Å²) in [5.74, 6) is -0.419. The van der Waals surface area contributed by atoms with Crippen molar-refractivity contribution in [1.82, 2.24) is 0 Å². The zero-order valence-corrected chi connectivity index (χ0v) is 9.38. The summed E-state index contributed by atoms with van der Waals surface area (Å²) in [6, 6.07) is 8.71. The molecule has 0 aliphatic carbocycles. The van der Waals surface area contributed by atoms with Gasteiger partial charge in [-0.3, -0.25) is 5.43 Å². The third-order valence-corrected chi connectivity index (χ3v) is 1.77. The number of ether oxygens (including phenoxy) is 1. The van der Waals surface area contributed by atoms with Crippen LogP contribution in [0.4, 0.5) is 5.69 Å². The Morgan fingerprint density at radius 1 is 1.47 bits per heavy atom. The molecule has 0 unspecified atom stereocenters. The lowest BCUT2D eigenvalue weighted by molar-refractivity contribution is -0.141. The Morgan fingerprint density at radius 2 is 2.18 bits per heavy atom. The van der Waals surface area contributed by atoms with Gasteiger partial charge in [0.15, 0.2) is 6.54 Å². The van der Waals surface area contributed by atoms with Crippen molar-refractivity contribution in [2.75, 3.05) is 18.6 Å². The van der Waals surface area contributed by atoms with Crippen molar-refractivity contribution < 1.29 is 9.53 Å². The van der Waals surface area contributed by atoms with E-state index in [-0.39, 0.29) is 6.54 Å². The molecule has 0 heterocycles. The largest absolute Gasteiger partial charge is 0.465 e. The topological polar surface area (TPSA) is 86.8 Å². The highest BCUT2D eigenvalue weighted by molar-refractivity contribution is 5.71. The maximum absolute atomic E-state index is 10.9. The third kappa shape index (κ3) is 4.75. The van der Waals surface area contributed by atoms with Gasteiger partial charge in [0, 0.05) is 0 Å². The third-order valence-electron chi connectivity index (χ3n) is 1.77. The minimum absolute atomic E-state index is 0.114. The fourth-order valence-corrected chi connectivity index (χ4v) is 1.01. The van der Waals surface area contributed by atoms with Gasteiger partial charge >= 0.3 is 5.97 Å². The van der Waals surface area contributed by atoms with Gasteiger partial charge in [0.1, 0.15) is 0 Å². The monoisotopic (exact) mass is 232 g/mol. The molecule has 1 aromatic rings. The van der Waals surface area contributed by atoms with Crippen LogP contribution in [0.2, 0.25) is 0 Å². The molecule has 6 heteroatoms. The predicted octanol–water partition coefficient (Wildman–Crippen LogP) is 1.90. The number of hydrogen-bond donors (Lipinski definition) is 1. The van der Waals surface area contributed by atoms with E-state index in [9.17, 15) is 4.79 Å². The number of nitriles is 1. The van der Waals surface area contributed by atoms with Crippen LogP contribution in [-0.2, 0) is 9.53 Å². The number of nitrogens with zero attached hydrogens (tertiary/aromatic N) is 3. The molecule has 17 heavy (non-hydrogen) atoms. The zero-order chi connectivity index (χ0) is 12.5. The molecule has 0 amide bonds. The number of hydrogen-bond acceptors (Lipinski definition) is 5. The highest BCUT2D eigenvalue weighted by atomic mass is 16.5. The van der Waals surface area contributed by atoms with Crippen LogP contribution in [-0.4, -0.2) is 19.1 Å². The van der Waals surface area contributed by atoms with Gasteiger partial charge in [0.25, 0.3) is 0 Å². The summed E-state index contributed by atoms with van der Waals surface area (Å²) in [7, 11) is 0. The summed E-state index contributed by atoms with van der Waals surface area (Å²) in [5.41, 5.74) is 3.89. The lowest BCUT2D eigenvalue weighted by atomic mass is 10.2. The van der Waals surface area contributed by atoms with Crippen LogP contribution in [0, 0.1) is 11.3 Å². The minimum Gasteiger partial charge on any atom is -0.465 e. The molecule has 0 atom stereocenters. The summed E-state index contributed by atoms with van der Waals surface area (Å²) < 4.78 is 4.67. The van der Waals surface area contributed by atoms with Gasteiger partial charge in [0.2, 0.25) is 0 Å². The Balaban J connectivity index is 2.37. The van der Waals surface area contributed by atoms with Crippen molar-refractivity contribution in [1.29, 1.82) is 5.26 Å². The van der Waals surface area contributed by atoms with Gasteiger partial charge in [-0.25, -0.2) is 4.79 Å². The SMILES string of the molecule is CCOC(=O)CN=NNc1ccc(C#N)cc1. The number of carbonyl (C=O) groups excluding carboxylic acids is 1. The van der Waals surface area contributed by atoms with Crippen LogP contribution in [0.3, 0.4) is 0 Å². The summed E-state index contributed by atoms with van der Waals surface area (Å²) in [4.78, 5) is 10.9. The van der Waals surface area contributed by atoms with E-state index in [1.807, 2.05) is 6.07 Å². The van der Waals surface area contributed by atoms with Crippen molar-refractivity contribution in [3.8, 4) is 6.07 Å². The summed E-state index contributed by atoms with van der Waals surface area (Å²) >= 11 is 0. The van der Waals surface area contributed by atoms with Gasteiger partial charge in [-0.1, -0.05) is 5.22 Å². The second kappa shape index (κ2) is 6.95. The average Bonchev–Trinajstić information content (AvgIpc) is 2.36. The number of rotatable bonds is 5. The van der Waals surface area contributed by atoms with E-state index in [4.69, 9.17) is 5.26 Å². The zero-order valence-electron chi connectivity index (χ0n) is 9.38. The average molecular weight is 232 g/mol. The highest BCUT2D eigenvalue weighted by Gasteiger charge is 1.97. The smallest absolute Gasteiger partial charge is 0.329 e. The van der Waals surface area contributed by atoms with Gasteiger partial charge in [-0.15, -0.1) is 0 Å². The standard InChI is InChI=1S/C11H12N4O2/c1-2-17-11(16)8-13-15-14-10-5-3-9(7-12)4-6-10/h3-6H,2,8H2,1H3,(H,13,14). The number of anilines is 1. The Hall–Kier alpha value is -2.42. The number of benzene rings is 1. The van der Waals surface area contributed by atoms with Gasteiger partial charge in [-0.05, 0) is 31.2 Å². The lowest BCUT2D eigenvalue weighted by Crippen LogP contribution is -2.07. The summed E-state index contributed by atoms with van der Waals surface area (Å²) in [5, 5.41) is 15.8. The Kier molecular flexibility index (Phi) is 5.17. The molecule has 0 fully saturated rings. The van der Waals surface area contributed by atoms with E-state index in [1.54, 1.807) is 31.2 Å². The van der Waals surface area contributed by atoms with E-state index in [0.29, 0.717) is 17.9 Å². The molecular weight excluding hydrogens is 220 g/mol. The van der Waals surface area contributed by atoms with E-state index in [2.05, 4.69) is 20.5 Å².